The average molecular weight is 291 g/mol. The van der Waals surface area contributed by atoms with E-state index >= 15 is 0 Å². The van der Waals surface area contributed by atoms with Crippen molar-refractivity contribution in [3.8, 4) is 0 Å². The van der Waals surface area contributed by atoms with E-state index in [2.05, 4.69) is 0 Å². The third-order valence-corrected chi connectivity index (χ3v) is 3.55. The molecule has 0 aliphatic heterocycles. The smallest absolute Gasteiger partial charge is 0.322 e. The number of carboxylic acids is 2. The van der Waals surface area contributed by atoms with Gasteiger partial charge in [0.2, 0.25) is 10.0 Å². The number of carboxylic acid groups (broad SMARTS) is 2. The summed E-state index contributed by atoms with van der Waals surface area (Å²) in [6.45, 7) is 0. The van der Waals surface area contributed by atoms with Gasteiger partial charge in [-0.05, 0) is 18.2 Å². The first-order valence-corrected chi connectivity index (χ1v) is 6.43. The summed E-state index contributed by atoms with van der Waals surface area (Å²) in [5, 5.41) is 17.2. The van der Waals surface area contributed by atoms with Crippen LogP contribution >= 0.6 is 0 Å². The van der Waals surface area contributed by atoms with Crippen LogP contribution in [0.1, 0.15) is 6.42 Å². The second-order valence-corrected chi connectivity index (χ2v) is 5.28. The number of halogens is 1. The van der Waals surface area contributed by atoms with Crippen molar-refractivity contribution in [3.63, 3.8) is 0 Å². The fourth-order valence-corrected chi connectivity index (χ4v) is 2.46. The van der Waals surface area contributed by atoms with Gasteiger partial charge in [-0.2, -0.15) is 4.72 Å². The Morgan fingerprint density at radius 2 is 1.95 bits per heavy atom. The molecule has 0 aliphatic carbocycles. The van der Waals surface area contributed by atoms with Crippen molar-refractivity contribution in [1.82, 2.24) is 4.72 Å². The van der Waals surface area contributed by atoms with Crippen molar-refractivity contribution in [3.05, 3.63) is 30.1 Å². The standard InChI is InChI=1S/C10H10FNO6S/c11-6-2-1-3-7(4-6)19(17,18)12-8(10(15)16)5-9(13)14/h1-4,8,12H,5H2,(H,13,14)(H,15,16). The Hall–Kier alpha value is -2.00. The van der Waals surface area contributed by atoms with Gasteiger partial charge in [-0.15, -0.1) is 0 Å². The summed E-state index contributed by atoms with van der Waals surface area (Å²) in [4.78, 5) is 20.7. The zero-order valence-electron chi connectivity index (χ0n) is 9.41. The topological polar surface area (TPSA) is 121 Å². The number of aliphatic carboxylic acids is 2. The lowest BCUT2D eigenvalue weighted by Gasteiger charge is -2.12. The molecule has 0 saturated carbocycles. The van der Waals surface area contributed by atoms with Gasteiger partial charge in [0.1, 0.15) is 11.9 Å². The zero-order chi connectivity index (χ0) is 14.6. The van der Waals surface area contributed by atoms with Crippen LogP contribution in [0.2, 0.25) is 0 Å². The molecule has 104 valence electrons. The second kappa shape index (κ2) is 5.76. The zero-order valence-corrected chi connectivity index (χ0v) is 10.2. The molecule has 19 heavy (non-hydrogen) atoms. The fraction of sp³-hybridized carbons (Fsp3) is 0.200. The van der Waals surface area contributed by atoms with Gasteiger partial charge in [0.15, 0.2) is 0 Å². The van der Waals surface area contributed by atoms with Crippen molar-refractivity contribution < 1.29 is 32.6 Å². The van der Waals surface area contributed by atoms with Crippen LogP contribution in [0.4, 0.5) is 4.39 Å². The molecule has 1 aromatic rings. The molecule has 9 heteroatoms. The maximum Gasteiger partial charge on any atom is 0.322 e. The van der Waals surface area contributed by atoms with Crippen LogP contribution in [0.15, 0.2) is 29.2 Å². The van der Waals surface area contributed by atoms with Crippen LogP contribution < -0.4 is 4.72 Å². The van der Waals surface area contributed by atoms with Gasteiger partial charge in [-0.25, -0.2) is 12.8 Å². The fourth-order valence-electron chi connectivity index (χ4n) is 1.24. The van der Waals surface area contributed by atoms with Gasteiger partial charge >= 0.3 is 11.9 Å². The molecular weight excluding hydrogens is 281 g/mol. The van der Waals surface area contributed by atoms with E-state index in [1.54, 1.807) is 4.72 Å². The molecule has 0 aliphatic rings. The second-order valence-electron chi connectivity index (χ2n) is 3.57. The molecule has 0 heterocycles. The van der Waals surface area contributed by atoms with Crippen LogP contribution in [0.25, 0.3) is 0 Å². The highest BCUT2D eigenvalue weighted by atomic mass is 32.2. The Morgan fingerprint density at radius 3 is 2.42 bits per heavy atom. The van der Waals surface area contributed by atoms with Gasteiger partial charge in [-0.3, -0.25) is 9.59 Å². The van der Waals surface area contributed by atoms with E-state index < -0.39 is 45.1 Å². The first kappa shape index (κ1) is 15.1. The summed E-state index contributed by atoms with van der Waals surface area (Å²) in [7, 11) is -4.31. The lowest BCUT2D eigenvalue weighted by molar-refractivity contribution is -0.145. The molecule has 1 rings (SSSR count). The largest absolute Gasteiger partial charge is 0.481 e. The highest BCUT2D eigenvalue weighted by Gasteiger charge is 2.27. The molecule has 0 radical (unpaired) electrons. The minimum absolute atomic E-state index is 0.482. The predicted molar refractivity (Wildman–Crippen MR) is 60.4 cm³/mol. The molecule has 1 aromatic carbocycles. The quantitative estimate of drug-likeness (QED) is 0.680. The average Bonchev–Trinajstić information content (AvgIpc) is 2.27. The van der Waals surface area contributed by atoms with Crippen molar-refractivity contribution in [1.29, 1.82) is 0 Å². The third kappa shape index (κ3) is 4.30. The molecule has 1 atom stereocenters. The molecule has 0 fully saturated rings. The summed E-state index contributed by atoms with van der Waals surface area (Å²) in [6.07, 6.45) is -0.927. The first-order valence-electron chi connectivity index (χ1n) is 4.95. The first-order chi connectivity index (χ1) is 8.72. The minimum atomic E-state index is -4.31. The van der Waals surface area contributed by atoms with Crippen molar-refractivity contribution in [2.75, 3.05) is 0 Å². The molecule has 0 spiro atoms. The lowest BCUT2D eigenvalue weighted by Crippen LogP contribution is -2.42. The van der Waals surface area contributed by atoms with E-state index in [9.17, 15) is 22.4 Å². The highest BCUT2D eigenvalue weighted by Crippen LogP contribution is 2.11. The summed E-state index contributed by atoms with van der Waals surface area (Å²) in [6, 6.07) is 2.08. The minimum Gasteiger partial charge on any atom is -0.481 e. The molecule has 3 N–H and O–H groups in total. The normalized spacial score (nSPS) is 12.9. The maximum atomic E-state index is 12.9. The monoisotopic (exact) mass is 291 g/mol. The van der Waals surface area contributed by atoms with E-state index in [1.807, 2.05) is 0 Å². The molecular formula is C10H10FNO6S. The molecule has 0 bridgehead atoms. The van der Waals surface area contributed by atoms with Crippen LogP contribution in [0, 0.1) is 5.82 Å². The van der Waals surface area contributed by atoms with Gasteiger partial charge < -0.3 is 10.2 Å². The van der Waals surface area contributed by atoms with E-state index in [-0.39, 0.29) is 0 Å². The van der Waals surface area contributed by atoms with Crippen LogP contribution in [-0.2, 0) is 19.6 Å². The summed E-state index contributed by atoms with van der Waals surface area (Å²) >= 11 is 0. The Labute approximate surface area is 107 Å². The van der Waals surface area contributed by atoms with E-state index in [4.69, 9.17) is 10.2 Å². The van der Waals surface area contributed by atoms with E-state index in [1.165, 1.54) is 0 Å². The summed E-state index contributed by atoms with van der Waals surface area (Å²) < 4.78 is 38.1. The van der Waals surface area contributed by atoms with E-state index in [0.717, 1.165) is 18.2 Å². The van der Waals surface area contributed by atoms with Gasteiger partial charge in [0.05, 0.1) is 11.3 Å². The lowest BCUT2D eigenvalue weighted by atomic mass is 10.2. The van der Waals surface area contributed by atoms with Crippen LogP contribution in [0.5, 0.6) is 0 Å². The number of sulfonamides is 1. The Kier molecular flexibility index (Phi) is 4.57. The Balaban J connectivity index is 3.00. The van der Waals surface area contributed by atoms with Gasteiger partial charge in [0, 0.05) is 0 Å². The molecule has 0 aromatic heterocycles. The number of hydrogen-bond donors (Lipinski definition) is 3. The summed E-state index contributed by atoms with van der Waals surface area (Å²) in [5.41, 5.74) is 0. The highest BCUT2D eigenvalue weighted by molar-refractivity contribution is 7.89. The number of carbonyl (C=O) groups is 2. The van der Waals surface area contributed by atoms with Gasteiger partial charge in [0.25, 0.3) is 0 Å². The number of nitrogens with one attached hydrogen (secondary N) is 1. The van der Waals surface area contributed by atoms with Crippen molar-refractivity contribution in [2.24, 2.45) is 0 Å². The SMILES string of the molecule is O=C(O)CC(NS(=O)(=O)c1cccc(F)c1)C(=O)O. The van der Waals surface area contributed by atoms with E-state index in [0.29, 0.717) is 6.07 Å². The van der Waals surface area contributed by atoms with Crippen molar-refractivity contribution >= 4 is 22.0 Å². The van der Waals surface area contributed by atoms with Crippen molar-refractivity contribution in [2.45, 2.75) is 17.4 Å². The predicted octanol–water partition coefficient (Wildman–Crippen LogP) is 0.0319. The molecule has 7 nitrogen and oxygen atoms in total. The Bertz CT molecular complexity index is 600. The number of hydrogen-bond acceptors (Lipinski definition) is 4. The molecule has 0 amide bonds. The summed E-state index contributed by atoms with van der Waals surface area (Å²) in [5.74, 6) is -3.93. The van der Waals surface area contributed by atoms with Crippen LogP contribution in [-0.4, -0.2) is 36.6 Å². The third-order valence-electron chi connectivity index (χ3n) is 2.08. The number of rotatable bonds is 6. The Morgan fingerprint density at radius 1 is 1.32 bits per heavy atom. The number of benzene rings is 1. The van der Waals surface area contributed by atoms with Crippen LogP contribution in [0.3, 0.4) is 0 Å². The molecule has 0 saturated heterocycles. The maximum absolute atomic E-state index is 12.9. The molecule has 1 unspecified atom stereocenters. The van der Waals surface area contributed by atoms with Gasteiger partial charge in [-0.1, -0.05) is 6.07 Å².